The highest BCUT2D eigenvalue weighted by molar-refractivity contribution is 14.1. The van der Waals surface area contributed by atoms with Gasteiger partial charge in [0, 0.05) is 21.9 Å². The zero-order chi connectivity index (χ0) is 17.4. The van der Waals surface area contributed by atoms with Crippen molar-refractivity contribution in [2.45, 2.75) is 6.42 Å². The number of benzene rings is 2. The molecule has 0 aliphatic heterocycles. The van der Waals surface area contributed by atoms with E-state index in [4.69, 9.17) is 0 Å². The minimum Gasteiger partial charge on any atom is -0.325 e. The maximum Gasteiger partial charge on any atom is 0.233 e. The molecule has 2 aromatic carbocycles. The fourth-order valence-electron chi connectivity index (χ4n) is 1.86. The van der Waals surface area contributed by atoms with E-state index >= 15 is 0 Å². The molecule has 0 unspecified atom stereocenters. The Morgan fingerprint density at radius 3 is 2.42 bits per heavy atom. The predicted molar refractivity (Wildman–Crippen MR) is 105 cm³/mol. The van der Waals surface area contributed by atoms with Gasteiger partial charge in [0.1, 0.15) is 0 Å². The van der Waals surface area contributed by atoms with Crippen LogP contribution in [0.3, 0.4) is 0 Å². The van der Waals surface area contributed by atoms with Gasteiger partial charge in [0.2, 0.25) is 15.9 Å². The van der Waals surface area contributed by atoms with Gasteiger partial charge >= 0.3 is 0 Å². The summed E-state index contributed by atoms with van der Waals surface area (Å²) < 4.78 is 27.0. The number of anilines is 1. The monoisotopic (exact) mass is 456 g/mol. The first-order valence-corrected chi connectivity index (χ1v) is 9.86. The Hall–Kier alpha value is -1.71. The Labute approximate surface area is 155 Å². The first kappa shape index (κ1) is 18.6. The summed E-state index contributed by atoms with van der Waals surface area (Å²) in [6, 6.07) is 16.5. The van der Waals surface area contributed by atoms with Crippen molar-refractivity contribution in [2.24, 2.45) is 0 Å². The molecule has 7 heteroatoms. The number of carbonyl (C=O) groups excluding carboxylic acids is 1. The maximum absolute atomic E-state index is 11.9. The number of hydrogen-bond donors (Lipinski definition) is 2. The third kappa shape index (κ3) is 6.42. The van der Waals surface area contributed by atoms with Gasteiger partial charge in [-0.25, -0.2) is 13.1 Å². The maximum atomic E-state index is 11.9. The summed E-state index contributed by atoms with van der Waals surface area (Å²) >= 11 is 2.13. The highest BCUT2D eigenvalue weighted by Gasteiger charge is 2.08. The van der Waals surface area contributed by atoms with Crippen molar-refractivity contribution in [1.82, 2.24) is 4.72 Å². The lowest BCUT2D eigenvalue weighted by Crippen LogP contribution is -2.26. The Morgan fingerprint density at radius 1 is 1.04 bits per heavy atom. The molecular formula is C17H17IN2O3S. The van der Waals surface area contributed by atoms with Crippen LogP contribution in [-0.2, 0) is 14.8 Å². The molecule has 1 amide bonds. The molecule has 0 spiro atoms. The van der Waals surface area contributed by atoms with Gasteiger partial charge in [-0.2, -0.15) is 0 Å². The Kier molecular flexibility index (Phi) is 6.95. The van der Waals surface area contributed by atoms with Crippen LogP contribution in [0.25, 0.3) is 6.08 Å². The molecule has 0 saturated carbocycles. The van der Waals surface area contributed by atoms with Crippen molar-refractivity contribution in [2.75, 3.05) is 11.9 Å². The summed E-state index contributed by atoms with van der Waals surface area (Å²) in [6.45, 7) is 0.0384. The van der Waals surface area contributed by atoms with Crippen LogP contribution in [0.5, 0.6) is 0 Å². The van der Waals surface area contributed by atoms with E-state index in [1.54, 1.807) is 18.2 Å². The molecule has 0 bridgehead atoms. The lowest BCUT2D eigenvalue weighted by molar-refractivity contribution is -0.116. The molecule has 2 rings (SSSR count). The van der Waals surface area contributed by atoms with Crippen LogP contribution in [0.4, 0.5) is 5.69 Å². The SMILES string of the molecule is O=C(CCNS(=O)(=O)/C=C/c1ccccc1)Nc1ccccc1I. The zero-order valence-electron chi connectivity index (χ0n) is 12.8. The first-order valence-electron chi connectivity index (χ1n) is 7.23. The third-order valence-corrected chi connectivity index (χ3v) is 5.08. The average molecular weight is 456 g/mol. The standard InChI is InChI=1S/C17H17IN2O3S/c18-15-8-4-5-9-16(15)20-17(21)10-12-19-24(22,23)13-11-14-6-2-1-3-7-14/h1-9,11,13,19H,10,12H2,(H,20,21)/b13-11+. The number of carbonyl (C=O) groups is 1. The molecule has 2 N–H and O–H groups in total. The Balaban J connectivity index is 1.81. The minimum atomic E-state index is -3.57. The number of sulfonamides is 1. The van der Waals surface area contributed by atoms with Crippen LogP contribution < -0.4 is 10.0 Å². The van der Waals surface area contributed by atoms with Gasteiger partial charge < -0.3 is 5.32 Å². The smallest absolute Gasteiger partial charge is 0.233 e. The molecule has 0 aromatic heterocycles. The summed E-state index contributed by atoms with van der Waals surface area (Å²) in [5, 5.41) is 3.85. The van der Waals surface area contributed by atoms with E-state index in [1.165, 1.54) is 6.08 Å². The zero-order valence-corrected chi connectivity index (χ0v) is 15.8. The van der Waals surface area contributed by atoms with E-state index in [0.717, 1.165) is 20.2 Å². The number of amides is 1. The van der Waals surface area contributed by atoms with Crippen LogP contribution in [0.15, 0.2) is 60.0 Å². The second-order valence-corrected chi connectivity index (χ2v) is 7.74. The van der Waals surface area contributed by atoms with Crippen molar-refractivity contribution in [3.63, 3.8) is 0 Å². The van der Waals surface area contributed by atoms with Crippen molar-refractivity contribution in [3.05, 3.63) is 69.1 Å². The summed E-state index contributed by atoms with van der Waals surface area (Å²) in [5.74, 6) is -0.242. The number of halogens is 1. The molecule has 126 valence electrons. The van der Waals surface area contributed by atoms with E-state index in [2.05, 4.69) is 32.6 Å². The Morgan fingerprint density at radius 2 is 1.71 bits per heavy atom. The minimum absolute atomic E-state index is 0.0384. The van der Waals surface area contributed by atoms with Crippen LogP contribution >= 0.6 is 22.6 Å². The Bertz CT molecular complexity index is 821. The molecule has 5 nitrogen and oxygen atoms in total. The second kappa shape index (κ2) is 8.95. The molecule has 0 aliphatic rings. The third-order valence-electron chi connectivity index (χ3n) is 3.04. The van der Waals surface area contributed by atoms with Gasteiger partial charge in [0.05, 0.1) is 5.69 Å². The van der Waals surface area contributed by atoms with Crippen LogP contribution in [0, 0.1) is 3.57 Å². The van der Waals surface area contributed by atoms with Crippen LogP contribution in [0.2, 0.25) is 0 Å². The van der Waals surface area contributed by atoms with Gasteiger partial charge in [-0.3, -0.25) is 4.79 Å². The molecule has 0 fully saturated rings. The van der Waals surface area contributed by atoms with Gasteiger partial charge in [-0.05, 0) is 46.4 Å². The number of para-hydroxylation sites is 1. The second-order valence-electron chi connectivity index (χ2n) is 4.93. The molecular weight excluding hydrogens is 439 g/mol. The van der Waals surface area contributed by atoms with Gasteiger partial charge in [0.25, 0.3) is 0 Å². The van der Waals surface area contributed by atoms with E-state index in [0.29, 0.717) is 0 Å². The number of rotatable bonds is 7. The van der Waals surface area contributed by atoms with E-state index in [1.807, 2.05) is 36.4 Å². The van der Waals surface area contributed by atoms with E-state index in [9.17, 15) is 13.2 Å². The highest BCUT2D eigenvalue weighted by Crippen LogP contribution is 2.16. The molecule has 0 aliphatic carbocycles. The molecule has 24 heavy (non-hydrogen) atoms. The van der Waals surface area contributed by atoms with Crippen molar-refractivity contribution in [1.29, 1.82) is 0 Å². The van der Waals surface area contributed by atoms with Crippen molar-refractivity contribution >= 4 is 50.3 Å². The fraction of sp³-hybridized carbons (Fsp3) is 0.118. The molecule has 0 heterocycles. The number of hydrogen-bond acceptors (Lipinski definition) is 3. The van der Waals surface area contributed by atoms with Gasteiger partial charge in [-0.15, -0.1) is 0 Å². The molecule has 0 radical (unpaired) electrons. The van der Waals surface area contributed by atoms with Crippen LogP contribution in [0.1, 0.15) is 12.0 Å². The molecule has 0 saturated heterocycles. The predicted octanol–water partition coefficient (Wildman–Crippen LogP) is 3.21. The topological polar surface area (TPSA) is 75.3 Å². The van der Waals surface area contributed by atoms with E-state index in [-0.39, 0.29) is 18.9 Å². The van der Waals surface area contributed by atoms with Crippen molar-refractivity contribution in [3.8, 4) is 0 Å². The number of nitrogens with one attached hydrogen (secondary N) is 2. The normalized spacial score (nSPS) is 11.5. The molecule has 0 atom stereocenters. The first-order chi connectivity index (χ1) is 11.5. The summed E-state index contributed by atoms with van der Waals surface area (Å²) in [7, 11) is -3.57. The lowest BCUT2D eigenvalue weighted by atomic mass is 10.2. The van der Waals surface area contributed by atoms with Crippen LogP contribution in [-0.4, -0.2) is 20.9 Å². The van der Waals surface area contributed by atoms with E-state index < -0.39 is 10.0 Å². The summed E-state index contributed by atoms with van der Waals surface area (Å²) in [5.41, 5.74) is 1.51. The van der Waals surface area contributed by atoms with Gasteiger partial charge in [-0.1, -0.05) is 42.5 Å². The fourth-order valence-corrected chi connectivity index (χ4v) is 3.20. The summed E-state index contributed by atoms with van der Waals surface area (Å²) in [6.07, 6.45) is 1.57. The van der Waals surface area contributed by atoms with Crippen molar-refractivity contribution < 1.29 is 13.2 Å². The quantitative estimate of drug-likeness (QED) is 0.629. The highest BCUT2D eigenvalue weighted by atomic mass is 127. The molecule has 2 aromatic rings. The largest absolute Gasteiger partial charge is 0.325 e. The van der Waals surface area contributed by atoms with Gasteiger partial charge in [0.15, 0.2) is 0 Å². The lowest BCUT2D eigenvalue weighted by Gasteiger charge is -2.07. The average Bonchev–Trinajstić information content (AvgIpc) is 2.56. The summed E-state index contributed by atoms with van der Waals surface area (Å²) in [4.78, 5) is 11.9.